The number of rotatable bonds is 8. The molecule has 2 aromatic carbocycles. The van der Waals surface area contributed by atoms with Gasteiger partial charge in [0.1, 0.15) is 11.5 Å². The molecule has 1 aliphatic carbocycles. The van der Waals surface area contributed by atoms with Gasteiger partial charge in [0.25, 0.3) is 0 Å². The van der Waals surface area contributed by atoms with Gasteiger partial charge in [-0.1, -0.05) is 35.9 Å². The van der Waals surface area contributed by atoms with Gasteiger partial charge in [-0.3, -0.25) is 4.79 Å². The van der Waals surface area contributed by atoms with E-state index < -0.39 is 5.82 Å². The van der Waals surface area contributed by atoms with Gasteiger partial charge in [0.05, 0.1) is 5.02 Å². The molecule has 0 radical (unpaired) electrons. The second-order valence-electron chi connectivity index (χ2n) is 6.98. The van der Waals surface area contributed by atoms with Gasteiger partial charge in [-0.2, -0.15) is 0 Å². The molecule has 1 fully saturated rings. The number of ether oxygens (including phenoxy) is 1. The Labute approximate surface area is 158 Å². The minimum atomic E-state index is -0.444. The molecule has 2 aromatic rings. The third-order valence-electron chi connectivity index (χ3n) is 4.53. The van der Waals surface area contributed by atoms with Crippen LogP contribution in [0, 0.1) is 11.7 Å². The Morgan fingerprint density at radius 2 is 1.96 bits per heavy atom. The zero-order valence-corrected chi connectivity index (χ0v) is 15.7. The molecule has 1 N–H and O–H groups in total. The van der Waals surface area contributed by atoms with E-state index in [1.54, 1.807) is 31.2 Å². The average molecular weight is 376 g/mol. The van der Waals surface area contributed by atoms with Gasteiger partial charge in [-0.25, -0.2) is 4.39 Å². The van der Waals surface area contributed by atoms with Crippen molar-refractivity contribution < 1.29 is 13.9 Å². The molecule has 5 heteroatoms. The van der Waals surface area contributed by atoms with Crippen molar-refractivity contribution in [1.82, 2.24) is 5.32 Å². The molecule has 0 spiro atoms. The number of Topliss-reactive ketones (excluding diaryl/α,β-unsaturated/α-hetero) is 1. The molecule has 26 heavy (non-hydrogen) atoms. The van der Waals surface area contributed by atoms with Crippen LogP contribution in [0.5, 0.6) is 11.5 Å². The molecule has 0 heterocycles. The van der Waals surface area contributed by atoms with Crippen molar-refractivity contribution in [2.24, 2.45) is 5.92 Å². The Morgan fingerprint density at radius 3 is 2.58 bits per heavy atom. The van der Waals surface area contributed by atoms with Crippen molar-refractivity contribution >= 4 is 17.4 Å². The minimum absolute atomic E-state index is 0.0216. The maximum atomic E-state index is 15.3. The van der Waals surface area contributed by atoms with Crippen LogP contribution in [-0.2, 0) is 4.79 Å². The first-order valence-electron chi connectivity index (χ1n) is 8.92. The van der Waals surface area contributed by atoms with Gasteiger partial charge in [0.15, 0.2) is 11.6 Å². The van der Waals surface area contributed by atoms with Gasteiger partial charge in [-0.05, 0) is 50.8 Å². The lowest BCUT2D eigenvalue weighted by molar-refractivity contribution is -0.117. The minimum Gasteiger partial charge on any atom is -0.453 e. The van der Waals surface area contributed by atoms with E-state index in [1.807, 2.05) is 25.1 Å². The Bertz CT molecular complexity index is 777. The summed E-state index contributed by atoms with van der Waals surface area (Å²) in [6.07, 6.45) is 2.51. The Morgan fingerprint density at radius 1 is 1.27 bits per heavy atom. The van der Waals surface area contributed by atoms with Crippen LogP contribution in [0.4, 0.5) is 4.39 Å². The lowest BCUT2D eigenvalue weighted by Gasteiger charge is -2.24. The zero-order chi connectivity index (χ0) is 18.7. The number of halogens is 2. The predicted molar refractivity (Wildman–Crippen MR) is 101 cm³/mol. The monoisotopic (exact) mass is 375 g/mol. The summed E-state index contributed by atoms with van der Waals surface area (Å²) in [5, 5.41) is 3.66. The van der Waals surface area contributed by atoms with Gasteiger partial charge in [0.2, 0.25) is 0 Å². The van der Waals surface area contributed by atoms with Crippen molar-refractivity contribution in [3.8, 4) is 11.5 Å². The number of benzene rings is 2. The Balaban J connectivity index is 1.88. The van der Waals surface area contributed by atoms with Crippen molar-refractivity contribution in [1.29, 1.82) is 0 Å². The molecule has 1 saturated carbocycles. The van der Waals surface area contributed by atoms with Crippen LogP contribution in [0.25, 0.3) is 0 Å². The average Bonchev–Trinajstić information content (AvgIpc) is 3.42. The highest BCUT2D eigenvalue weighted by molar-refractivity contribution is 6.32. The van der Waals surface area contributed by atoms with E-state index in [0.717, 1.165) is 12.8 Å². The molecule has 0 bridgehead atoms. The van der Waals surface area contributed by atoms with E-state index in [9.17, 15) is 4.79 Å². The topological polar surface area (TPSA) is 38.3 Å². The molecule has 0 aliphatic heterocycles. The van der Waals surface area contributed by atoms with Crippen molar-refractivity contribution in [3.63, 3.8) is 0 Å². The summed E-state index contributed by atoms with van der Waals surface area (Å²) >= 11 is 6.20. The van der Waals surface area contributed by atoms with E-state index in [4.69, 9.17) is 16.3 Å². The first-order valence-corrected chi connectivity index (χ1v) is 9.29. The van der Waals surface area contributed by atoms with Crippen molar-refractivity contribution in [2.45, 2.75) is 45.2 Å². The maximum Gasteiger partial charge on any atom is 0.181 e. The molecular weight excluding hydrogens is 353 g/mol. The number of carbonyl (C=O) groups excluding carboxylic acids is 1. The third-order valence-corrected chi connectivity index (χ3v) is 4.83. The number of ketones is 1. The molecule has 0 aromatic heterocycles. The van der Waals surface area contributed by atoms with Crippen LogP contribution in [-0.4, -0.2) is 11.8 Å². The molecular formula is C21H23ClFNO2. The normalized spacial score (nSPS) is 16.2. The highest BCUT2D eigenvalue weighted by Crippen LogP contribution is 2.45. The first-order chi connectivity index (χ1) is 12.5. The quantitative estimate of drug-likeness (QED) is 0.645. The van der Waals surface area contributed by atoms with Gasteiger partial charge < -0.3 is 10.1 Å². The van der Waals surface area contributed by atoms with Crippen LogP contribution in [0.15, 0.2) is 42.5 Å². The number of nitrogens with one attached hydrogen (secondary N) is 1. The summed E-state index contributed by atoms with van der Waals surface area (Å²) in [7, 11) is 0. The summed E-state index contributed by atoms with van der Waals surface area (Å²) in [4.78, 5) is 11.4. The fourth-order valence-electron chi connectivity index (χ4n) is 3.19. The van der Waals surface area contributed by atoms with Gasteiger partial charge >= 0.3 is 0 Å². The molecule has 0 amide bonds. The van der Waals surface area contributed by atoms with Gasteiger partial charge in [0, 0.05) is 24.1 Å². The fraction of sp³-hybridized carbons (Fsp3) is 0.381. The smallest absolute Gasteiger partial charge is 0.181 e. The lowest BCUT2D eigenvalue weighted by atomic mass is 9.99. The van der Waals surface area contributed by atoms with Crippen molar-refractivity contribution in [3.05, 3.63) is 58.9 Å². The van der Waals surface area contributed by atoms with E-state index in [1.165, 1.54) is 0 Å². The lowest BCUT2D eigenvalue weighted by Crippen LogP contribution is -2.33. The summed E-state index contributed by atoms with van der Waals surface area (Å²) in [6.45, 7) is 3.52. The van der Waals surface area contributed by atoms with Crippen LogP contribution in [0.2, 0.25) is 5.02 Å². The summed E-state index contributed by atoms with van der Waals surface area (Å²) < 4.78 is 21.0. The van der Waals surface area contributed by atoms with Crippen LogP contribution < -0.4 is 10.1 Å². The zero-order valence-electron chi connectivity index (χ0n) is 15.0. The second kappa shape index (κ2) is 8.19. The number of hydrogen-bond acceptors (Lipinski definition) is 3. The molecule has 3 nitrogen and oxygen atoms in total. The highest BCUT2D eigenvalue weighted by atomic mass is 35.5. The standard InChI is InChI=1S/C21H23ClFNO2/c1-13(12-14(2)25)24-20(15-8-9-15)17-10-11-18(22)21(19(17)23)26-16-6-4-3-5-7-16/h3-7,10-11,13,15,20,24H,8-9,12H2,1-2H3/t13-,20+/m0/s1. The summed E-state index contributed by atoms with van der Waals surface area (Å²) in [5.74, 6) is 0.614. The molecule has 1 aliphatic rings. The number of hydrogen-bond donors (Lipinski definition) is 1. The molecule has 138 valence electrons. The van der Waals surface area contributed by atoms with Gasteiger partial charge in [-0.15, -0.1) is 0 Å². The molecule has 0 saturated heterocycles. The van der Waals surface area contributed by atoms with E-state index in [-0.39, 0.29) is 28.6 Å². The van der Waals surface area contributed by atoms with Crippen molar-refractivity contribution in [2.75, 3.05) is 0 Å². The van der Waals surface area contributed by atoms with E-state index in [0.29, 0.717) is 23.7 Å². The maximum absolute atomic E-state index is 15.3. The summed E-state index contributed by atoms with van der Waals surface area (Å²) in [5.41, 5.74) is 0.540. The van der Waals surface area contributed by atoms with Crippen LogP contribution in [0.3, 0.4) is 0 Å². The van der Waals surface area contributed by atoms with E-state index in [2.05, 4.69) is 5.32 Å². The molecule has 2 atom stereocenters. The Hall–Kier alpha value is -1.91. The fourth-order valence-corrected chi connectivity index (χ4v) is 3.38. The summed E-state index contributed by atoms with van der Waals surface area (Å²) in [6, 6.07) is 12.2. The highest BCUT2D eigenvalue weighted by Gasteiger charge is 2.35. The predicted octanol–water partition coefficient (Wildman–Crippen LogP) is 5.68. The number of carbonyl (C=O) groups is 1. The SMILES string of the molecule is CC(=O)C[C@H](C)N[C@@H](c1ccc(Cl)c(Oc2ccccc2)c1F)C1CC1. The first kappa shape index (κ1) is 18.9. The molecule has 0 unspecified atom stereocenters. The van der Waals surface area contributed by atoms with E-state index >= 15 is 4.39 Å². The van der Waals surface area contributed by atoms with Crippen LogP contribution >= 0.6 is 11.6 Å². The third kappa shape index (κ3) is 4.63. The molecule has 3 rings (SSSR count). The number of para-hydroxylation sites is 1. The largest absolute Gasteiger partial charge is 0.453 e. The van der Waals surface area contributed by atoms with Crippen LogP contribution in [0.1, 0.15) is 44.7 Å². The second-order valence-corrected chi connectivity index (χ2v) is 7.39. The Kier molecular flexibility index (Phi) is 5.94.